The topological polar surface area (TPSA) is 109 Å². The number of carbonyl (C=O) groups is 3. The van der Waals surface area contributed by atoms with Crippen LogP contribution in [0.3, 0.4) is 0 Å². The first-order valence-corrected chi connectivity index (χ1v) is 15.4. The van der Waals surface area contributed by atoms with Gasteiger partial charge in [0.25, 0.3) is 0 Å². The number of esters is 2. The van der Waals surface area contributed by atoms with Crippen molar-refractivity contribution < 1.29 is 38.1 Å². The van der Waals surface area contributed by atoms with Gasteiger partial charge in [-0.15, -0.1) is 0 Å². The van der Waals surface area contributed by atoms with Gasteiger partial charge in [-0.05, 0) is 87.3 Å². The van der Waals surface area contributed by atoms with Crippen LogP contribution in [0.1, 0.15) is 88.7 Å². The third-order valence-corrected chi connectivity index (χ3v) is 8.61. The number of hydrogen-bond acceptors (Lipinski definition) is 9. The summed E-state index contributed by atoms with van der Waals surface area (Å²) in [5.74, 6) is 0.155. The number of Topliss-reactive ketones (excluding diaryl/α,β-unsaturated/α-hetero) is 1. The van der Waals surface area contributed by atoms with Gasteiger partial charge in [0.1, 0.15) is 6.10 Å². The van der Waals surface area contributed by atoms with Crippen molar-refractivity contribution in [3.63, 3.8) is 0 Å². The van der Waals surface area contributed by atoms with E-state index in [0.717, 1.165) is 43.4 Å². The Bertz CT molecular complexity index is 1500. The van der Waals surface area contributed by atoms with Crippen LogP contribution in [0.5, 0.6) is 23.0 Å². The summed E-state index contributed by atoms with van der Waals surface area (Å²) in [6.07, 6.45) is 5.55. The van der Waals surface area contributed by atoms with Gasteiger partial charge in [-0.2, -0.15) is 0 Å². The molecular formula is C35H41NO8. The zero-order chi connectivity index (χ0) is 31.4. The maximum absolute atomic E-state index is 14.1. The number of allylic oxidation sites excluding steroid dienone is 3. The lowest BCUT2D eigenvalue weighted by Crippen LogP contribution is -2.37. The van der Waals surface area contributed by atoms with Crippen molar-refractivity contribution in [2.75, 3.05) is 20.8 Å². The predicted molar refractivity (Wildman–Crippen MR) is 164 cm³/mol. The van der Waals surface area contributed by atoms with Crippen molar-refractivity contribution >= 4 is 17.7 Å². The largest absolute Gasteiger partial charge is 0.493 e. The predicted octanol–water partition coefficient (Wildman–Crippen LogP) is 6.27. The molecule has 0 amide bonds. The average molecular weight is 604 g/mol. The summed E-state index contributed by atoms with van der Waals surface area (Å²) >= 11 is 0. The molecule has 0 spiro atoms. The number of carbonyl (C=O) groups excluding carboxylic acids is 3. The second-order valence-corrected chi connectivity index (χ2v) is 11.5. The fourth-order valence-electron chi connectivity index (χ4n) is 6.59. The molecule has 1 heterocycles. The Morgan fingerprint density at radius 2 is 1.57 bits per heavy atom. The van der Waals surface area contributed by atoms with E-state index in [1.54, 1.807) is 32.4 Å². The molecule has 5 rings (SSSR count). The average Bonchev–Trinajstić information content (AvgIpc) is 3.01. The highest BCUT2D eigenvalue weighted by molar-refractivity contribution is 6.04. The fraction of sp³-hybridized carbons (Fsp3) is 0.457. The Labute approximate surface area is 258 Å². The van der Waals surface area contributed by atoms with E-state index in [4.69, 9.17) is 23.7 Å². The minimum Gasteiger partial charge on any atom is -0.493 e. The van der Waals surface area contributed by atoms with Gasteiger partial charge in [0.05, 0.1) is 26.4 Å². The molecule has 0 bridgehead atoms. The smallest absolute Gasteiger partial charge is 0.337 e. The summed E-state index contributed by atoms with van der Waals surface area (Å²) in [6.45, 7) is 5.37. The van der Waals surface area contributed by atoms with Gasteiger partial charge in [0.15, 0.2) is 28.8 Å². The highest BCUT2D eigenvalue weighted by atomic mass is 16.6. The molecular weight excluding hydrogens is 562 g/mol. The van der Waals surface area contributed by atoms with Gasteiger partial charge in [-0.3, -0.25) is 9.59 Å². The second kappa shape index (κ2) is 13.6. The number of nitrogens with one attached hydrogen (secondary N) is 1. The number of benzene rings is 2. The molecule has 1 aliphatic heterocycles. The number of ether oxygens (including phenoxy) is 5. The van der Waals surface area contributed by atoms with Gasteiger partial charge >= 0.3 is 11.9 Å². The molecule has 2 atom stereocenters. The summed E-state index contributed by atoms with van der Waals surface area (Å²) in [7, 11) is 3.18. The highest BCUT2D eigenvalue weighted by Gasteiger charge is 2.42. The monoisotopic (exact) mass is 603 g/mol. The van der Waals surface area contributed by atoms with Gasteiger partial charge < -0.3 is 29.0 Å². The van der Waals surface area contributed by atoms with E-state index in [0.29, 0.717) is 52.7 Å². The number of dihydropyridines is 1. The molecule has 1 fully saturated rings. The minimum absolute atomic E-state index is 0.0546. The van der Waals surface area contributed by atoms with Crippen LogP contribution in [0.25, 0.3) is 0 Å². The van der Waals surface area contributed by atoms with Crippen LogP contribution >= 0.6 is 0 Å². The van der Waals surface area contributed by atoms with E-state index in [-0.39, 0.29) is 30.0 Å². The molecule has 2 aromatic carbocycles. The highest BCUT2D eigenvalue weighted by Crippen LogP contribution is 2.48. The Morgan fingerprint density at radius 3 is 2.25 bits per heavy atom. The zero-order valence-electron chi connectivity index (χ0n) is 26.1. The summed E-state index contributed by atoms with van der Waals surface area (Å²) in [5.41, 5.74) is 4.04. The fourth-order valence-corrected chi connectivity index (χ4v) is 6.59. The lowest BCUT2D eigenvalue weighted by Gasteiger charge is -2.37. The quantitative estimate of drug-likeness (QED) is 0.262. The molecule has 0 radical (unpaired) electrons. The van der Waals surface area contributed by atoms with Crippen molar-refractivity contribution in [3.05, 3.63) is 70.1 Å². The van der Waals surface area contributed by atoms with Crippen molar-refractivity contribution in [2.45, 2.75) is 83.7 Å². The van der Waals surface area contributed by atoms with Crippen LogP contribution in [0.2, 0.25) is 0 Å². The third-order valence-electron chi connectivity index (χ3n) is 8.61. The number of hydrogen-bond donors (Lipinski definition) is 1. The van der Waals surface area contributed by atoms with Crippen LogP contribution in [0.4, 0.5) is 0 Å². The standard InChI is InChI=1S/C35H41NO8/c1-6-42-31-19-23(13-15-29(31)43-21(3)37)33-32(35(39)44-25-10-8-7-9-11-25)20(2)36-26-16-24(17-27(38)34(26)33)22-12-14-28(40-4)30(18-22)41-5/h12-15,18-19,24-25,33,36H,6-11,16-17H2,1-5H3/t24-,33-/m0/s1. The van der Waals surface area contributed by atoms with Crippen molar-refractivity contribution in [3.8, 4) is 23.0 Å². The van der Waals surface area contributed by atoms with Gasteiger partial charge in [-0.1, -0.05) is 18.6 Å². The van der Waals surface area contributed by atoms with Crippen LogP contribution < -0.4 is 24.3 Å². The number of ketones is 1. The lowest BCUT2D eigenvalue weighted by atomic mass is 9.71. The van der Waals surface area contributed by atoms with E-state index < -0.39 is 17.9 Å². The van der Waals surface area contributed by atoms with Crippen LogP contribution in [-0.2, 0) is 19.1 Å². The van der Waals surface area contributed by atoms with Crippen LogP contribution in [0.15, 0.2) is 58.9 Å². The molecule has 3 aliphatic rings. The van der Waals surface area contributed by atoms with E-state index in [2.05, 4.69) is 5.32 Å². The molecule has 1 N–H and O–H groups in total. The van der Waals surface area contributed by atoms with E-state index >= 15 is 0 Å². The van der Waals surface area contributed by atoms with Crippen molar-refractivity contribution in [1.82, 2.24) is 5.32 Å². The Hall–Kier alpha value is -4.27. The zero-order valence-corrected chi connectivity index (χ0v) is 26.1. The lowest BCUT2D eigenvalue weighted by molar-refractivity contribution is -0.146. The first kappa shape index (κ1) is 31.2. The first-order chi connectivity index (χ1) is 21.2. The van der Waals surface area contributed by atoms with Crippen LogP contribution in [-0.4, -0.2) is 44.7 Å². The molecule has 0 unspecified atom stereocenters. The van der Waals surface area contributed by atoms with Gasteiger partial charge in [-0.25, -0.2) is 4.79 Å². The molecule has 44 heavy (non-hydrogen) atoms. The summed E-state index contributed by atoms with van der Waals surface area (Å²) in [5, 5.41) is 3.43. The van der Waals surface area contributed by atoms with Crippen molar-refractivity contribution in [1.29, 1.82) is 0 Å². The van der Waals surface area contributed by atoms with Gasteiger partial charge in [0, 0.05) is 36.2 Å². The van der Waals surface area contributed by atoms with Gasteiger partial charge in [0.2, 0.25) is 0 Å². The SMILES string of the molecule is CCOc1cc([C@H]2C(C(=O)OC3CCCCC3)=C(C)NC3=C2C(=O)C[C@@H](c2ccc(OC)c(OC)c2)C3)ccc1OC(C)=O. The van der Waals surface area contributed by atoms with E-state index in [1.807, 2.05) is 32.0 Å². The molecule has 2 aromatic rings. The molecule has 1 saturated carbocycles. The third kappa shape index (κ3) is 6.47. The summed E-state index contributed by atoms with van der Waals surface area (Å²) in [4.78, 5) is 39.8. The molecule has 234 valence electrons. The Kier molecular flexibility index (Phi) is 9.61. The Balaban J connectivity index is 1.57. The van der Waals surface area contributed by atoms with E-state index in [1.165, 1.54) is 6.92 Å². The van der Waals surface area contributed by atoms with Crippen molar-refractivity contribution in [2.24, 2.45) is 0 Å². The number of methoxy groups -OCH3 is 2. The summed E-state index contributed by atoms with van der Waals surface area (Å²) < 4.78 is 28.2. The van der Waals surface area contributed by atoms with E-state index in [9.17, 15) is 14.4 Å². The molecule has 9 heteroatoms. The second-order valence-electron chi connectivity index (χ2n) is 11.5. The molecule has 0 aromatic heterocycles. The summed E-state index contributed by atoms with van der Waals surface area (Å²) in [6, 6.07) is 10.9. The molecule has 2 aliphatic carbocycles. The number of rotatable bonds is 9. The normalized spacial score (nSPS) is 20.4. The molecule has 0 saturated heterocycles. The maximum Gasteiger partial charge on any atom is 0.337 e. The Morgan fingerprint density at radius 1 is 0.886 bits per heavy atom. The minimum atomic E-state index is -0.674. The first-order valence-electron chi connectivity index (χ1n) is 15.4. The van der Waals surface area contributed by atoms with Crippen LogP contribution in [0, 0.1) is 0 Å². The molecule has 9 nitrogen and oxygen atoms in total. The maximum atomic E-state index is 14.1.